The molecule has 0 N–H and O–H groups in total. The van der Waals surface area contributed by atoms with Crippen LogP contribution < -0.4 is 4.74 Å². The van der Waals surface area contributed by atoms with Crippen LogP contribution in [0.4, 0.5) is 0 Å². The lowest BCUT2D eigenvalue weighted by Crippen LogP contribution is -2.20. The third kappa shape index (κ3) is 3.05. The Morgan fingerprint density at radius 2 is 2.00 bits per heavy atom. The predicted molar refractivity (Wildman–Crippen MR) is 74.4 cm³/mol. The number of hydrogen-bond donors (Lipinski definition) is 0. The van der Waals surface area contributed by atoms with E-state index in [1.807, 2.05) is 0 Å². The van der Waals surface area contributed by atoms with Gasteiger partial charge in [-0.2, -0.15) is 0 Å². The van der Waals surface area contributed by atoms with E-state index in [2.05, 4.69) is 52.8 Å². The molecule has 0 amide bonds. The first-order chi connectivity index (χ1) is 8.34. The van der Waals surface area contributed by atoms with Crippen molar-refractivity contribution >= 4 is 0 Å². The van der Waals surface area contributed by atoms with E-state index in [0.29, 0.717) is 6.61 Å². The van der Waals surface area contributed by atoms with Gasteiger partial charge in [-0.05, 0) is 36.0 Å². The number of benzene rings is 1. The molecule has 1 aromatic carbocycles. The van der Waals surface area contributed by atoms with Crippen molar-refractivity contribution < 1.29 is 9.47 Å². The van der Waals surface area contributed by atoms with Crippen LogP contribution in [-0.2, 0) is 16.6 Å². The Bertz CT molecular complexity index is 425. The normalized spacial score (nSPS) is 22.9. The second-order valence-electron chi connectivity index (χ2n) is 6.46. The van der Waals surface area contributed by atoms with E-state index in [4.69, 9.17) is 9.47 Å². The molecular formula is C16H24O2. The molecule has 0 radical (unpaired) electrons. The van der Waals surface area contributed by atoms with E-state index in [1.165, 1.54) is 11.1 Å². The highest BCUT2D eigenvalue weighted by Gasteiger charge is 2.40. The first kappa shape index (κ1) is 13.4. The first-order valence-electron chi connectivity index (χ1n) is 6.74. The molecule has 0 saturated carbocycles. The van der Waals surface area contributed by atoms with Crippen molar-refractivity contribution in [3.63, 3.8) is 0 Å². The standard InChI is InChI=1S/C16H24O2/c1-6-12-7-8-14(13(9-12)15(2,3)4)17-10-16(5)11-18-16/h7-9H,6,10-11H2,1-5H3. The maximum Gasteiger partial charge on any atom is 0.123 e. The zero-order valence-electron chi connectivity index (χ0n) is 12.2. The smallest absolute Gasteiger partial charge is 0.123 e. The molecule has 1 aliphatic heterocycles. The van der Waals surface area contributed by atoms with E-state index in [9.17, 15) is 0 Å². The molecule has 1 aromatic rings. The molecular weight excluding hydrogens is 224 g/mol. The summed E-state index contributed by atoms with van der Waals surface area (Å²) in [6, 6.07) is 6.53. The lowest BCUT2D eigenvalue weighted by Gasteiger charge is -2.24. The van der Waals surface area contributed by atoms with Crippen molar-refractivity contribution in [1.82, 2.24) is 0 Å². The molecule has 1 saturated heterocycles. The van der Waals surface area contributed by atoms with Gasteiger partial charge in [-0.1, -0.05) is 39.8 Å². The highest BCUT2D eigenvalue weighted by Crippen LogP contribution is 2.34. The fourth-order valence-electron chi connectivity index (χ4n) is 1.95. The molecule has 2 nitrogen and oxygen atoms in total. The van der Waals surface area contributed by atoms with E-state index < -0.39 is 0 Å². The fraction of sp³-hybridized carbons (Fsp3) is 0.625. The molecule has 2 heteroatoms. The number of ether oxygens (including phenoxy) is 2. The van der Waals surface area contributed by atoms with Gasteiger partial charge in [-0.3, -0.25) is 0 Å². The maximum absolute atomic E-state index is 5.97. The molecule has 1 atom stereocenters. The topological polar surface area (TPSA) is 21.8 Å². The van der Waals surface area contributed by atoms with Crippen LogP contribution in [0.2, 0.25) is 0 Å². The van der Waals surface area contributed by atoms with Gasteiger partial charge in [-0.25, -0.2) is 0 Å². The molecule has 1 heterocycles. The number of epoxide rings is 1. The fourth-order valence-corrected chi connectivity index (χ4v) is 1.95. The quantitative estimate of drug-likeness (QED) is 0.758. The monoisotopic (exact) mass is 248 g/mol. The Morgan fingerprint density at radius 3 is 2.50 bits per heavy atom. The van der Waals surface area contributed by atoms with Gasteiger partial charge in [0.2, 0.25) is 0 Å². The SMILES string of the molecule is CCc1ccc(OCC2(C)CO2)c(C(C)(C)C)c1. The predicted octanol–water partition coefficient (Wildman–Crippen LogP) is 3.71. The Balaban J connectivity index is 2.22. The zero-order chi connectivity index (χ0) is 13.4. The van der Waals surface area contributed by atoms with Crippen molar-refractivity contribution in [1.29, 1.82) is 0 Å². The molecule has 1 aliphatic rings. The Labute approximate surface area is 110 Å². The Hall–Kier alpha value is -1.02. The molecule has 100 valence electrons. The van der Waals surface area contributed by atoms with Crippen molar-refractivity contribution in [2.75, 3.05) is 13.2 Å². The lowest BCUT2D eigenvalue weighted by molar-refractivity contribution is 0.199. The average molecular weight is 248 g/mol. The zero-order valence-corrected chi connectivity index (χ0v) is 12.2. The largest absolute Gasteiger partial charge is 0.490 e. The summed E-state index contributed by atoms with van der Waals surface area (Å²) >= 11 is 0. The van der Waals surface area contributed by atoms with Gasteiger partial charge in [0.15, 0.2) is 0 Å². The minimum Gasteiger partial charge on any atom is -0.490 e. The Kier molecular flexibility index (Phi) is 3.41. The molecule has 1 unspecified atom stereocenters. The van der Waals surface area contributed by atoms with Gasteiger partial charge in [0.1, 0.15) is 18.0 Å². The second kappa shape index (κ2) is 4.58. The van der Waals surface area contributed by atoms with Gasteiger partial charge in [0.25, 0.3) is 0 Å². The maximum atomic E-state index is 5.97. The van der Waals surface area contributed by atoms with Gasteiger partial charge >= 0.3 is 0 Å². The summed E-state index contributed by atoms with van der Waals surface area (Å²) in [7, 11) is 0. The van der Waals surface area contributed by atoms with Gasteiger partial charge in [0.05, 0.1) is 6.61 Å². The number of rotatable bonds is 4. The van der Waals surface area contributed by atoms with E-state index in [1.54, 1.807) is 0 Å². The van der Waals surface area contributed by atoms with Crippen molar-refractivity contribution in [3.8, 4) is 5.75 Å². The molecule has 2 rings (SSSR count). The minimum absolute atomic E-state index is 0.0570. The van der Waals surface area contributed by atoms with Crippen LogP contribution in [0.5, 0.6) is 5.75 Å². The van der Waals surface area contributed by atoms with E-state index in [-0.39, 0.29) is 11.0 Å². The van der Waals surface area contributed by atoms with Crippen LogP contribution in [0.25, 0.3) is 0 Å². The third-order valence-corrected chi connectivity index (χ3v) is 3.43. The molecule has 0 bridgehead atoms. The average Bonchev–Trinajstić information content (AvgIpc) is 3.04. The van der Waals surface area contributed by atoms with Gasteiger partial charge < -0.3 is 9.47 Å². The number of hydrogen-bond acceptors (Lipinski definition) is 2. The van der Waals surface area contributed by atoms with E-state index >= 15 is 0 Å². The second-order valence-corrected chi connectivity index (χ2v) is 6.46. The molecule has 1 fully saturated rings. The lowest BCUT2D eigenvalue weighted by atomic mass is 9.85. The summed E-state index contributed by atoms with van der Waals surface area (Å²) in [6.07, 6.45) is 1.06. The van der Waals surface area contributed by atoms with Crippen molar-refractivity contribution in [2.24, 2.45) is 0 Å². The van der Waals surface area contributed by atoms with Crippen molar-refractivity contribution in [2.45, 2.75) is 52.1 Å². The summed E-state index contributed by atoms with van der Waals surface area (Å²) in [4.78, 5) is 0. The van der Waals surface area contributed by atoms with Crippen LogP contribution in [0.15, 0.2) is 18.2 Å². The Morgan fingerprint density at radius 1 is 1.33 bits per heavy atom. The highest BCUT2D eigenvalue weighted by molar-refractivity contribution is 5.41. The van der Waals surface area contributed by atoms with Gasteiger partial charge in [-0.15, -0.1) is 0 Å². The molecule has 0 aromatic heterocycles. The van der Waals surface area contributed by atoms with E-state index in [0.717, 1.165) is 18.8 Å². The van der Waals surface area contributed by atoms with Gasteiger partial charge in [0, 0.05) is 0 Å². The molecule has 0 spiro atoms. The summed E-state index contributed by atoms with van der Waals surface area (Å²) in [5.74, 6) is 0.997. The van der Waals surface area contributed by atoms with Crippen LogP contribution >= 0.6 is 0 Å². The van der Waals surface area contributed by atoms with Crippen LogP contribution in [-0.4, -0.2) is 18.8 Å². The highest BCUT2D eigenvalue weighted by atomic mass is 16.6. The summed E-state index contributed by atoms with van der Waals surface area (Å²) < 4.78 is 11.3. The van der Waals surface area contributed by atoms with Crippen LogP contribution in [0, 0.1) is 0 Å². The minimum atomic E-state index is -0.0570. The molecule has 0 aliphatic carbocycles. The summed E-state index contributed by atoms with van der Waals surface area (Å²) in [5, 5.41) is 0. The summed E-state index contributed by atoms with van der Waals surface area (Å²) in [6.45, 7) is 12.4. The van der Waals surface area contributed by atoms with Crippen LogP contribution in [0.3, 0.4) is 0 Å². The summed E-state index contributed by atoms with van der Waals surface area (Å²) in [5.41, 5.74) is 2.69. The molecule has 18 heavy (non-hydrogen) atoms. The third-order valence-electron chi connectivity index (χ3n) is 3.43. The van der Waals surface area contributed by atoms with Crippen LogP contribution in [0.1, 0.15) is 45.7 Å². The number of aryl methyl sites for hydroxylation is 1. The van der Waals surface area contributed by atoms with Crippen molar-refractivity contribution in [3.05, 3.63) is 29.3 Å². The first-order valence-corrected chi connectivity index (χ1v) is 6.74.